The van der Waals surface area contributed by atoms with Crippen LogP contribution in [0.2, 0.25) is 5.02 Å². The normalized spacial score (nSPS) is 20.2. The van der Waals surface area contributed by atoms with E-state index in [1.807, 2.05) is 0 Å². The number of amides is 3. The minimum atomic E-state index is -1.19. The van der Waals surface area contributed by atoms with Crippen molar-refractivity contribution in [2.45, 2.75) is 12.5 Å². The van der Waals surface area contributed by atoms with Crippen LogP contribution in [0, 0.1) is 0 Å². The average Bonchev–Trinajstić information content (AvgIpc) is 2.83. The maximum absolute atomic E-state index is 12.8. The lowest BCUT2D eigenvalue weighted by Gasteiger charge is -2.21. The van der Waals surface area contributed by atoms with Gasteiger partial charge in [0, 0.05) is 5.02 Å². The molecule has 0 saturated carbocycles. The molecular weight excluding hydrogens is 342 g/mol. The van der Waals surface area contributed by atoms with Crippen LogP contribution < -0.4 is 10.1 Å². The number of hydrogen-bond acceptors (Lipinski definition) is 4. The average molecular weight is 358 g/mol. The number of halogens is 1. The summed E-state index contributed by atoms with van der Waals surface area (Å²) in [7, 11) is 1.56. The van der Waals surface area contributed by atoms with Gasteiger partial charge in [-0.05, 0) is 42.3 Å². The Morgan fingerprint density at radius 2 is 1.92 bits per heavy atom. The number of hydrazone groups is 1. The summed E-state index contributed by atoms with van der Waals surface area (Å²) in [5, 5.41) is 8.07. The number of nitrogens with zero attached hydrogens (tertiary/aromatic N) is 2. The molecule has 25 heavy (non-hydrogen) atoms. The number of hydrogen-bond donors (Lipinski definition) is 1. The van der Waals surface area contributed by atoms with Crippen LogP contribution in [0.15, 0.2) is 53.6 Å². The molecule has 7 heteroatoms. The van der Waals surface area contributed by atoms with Gasteiger partial charge in [-0.25, -0.2) is 4.79 Å². The lowest BCUT2D eigenvalue weighted by atomic mass is 9.92. The van der Waals surface area contributed by atoms with Gasteiger partial charge in [-0.2, -0.15) is 5.10 Å². The summed E-state index contributed by atoms with van der Waals surface area (Å²) in [6.45, 7) is 1.64. The zero-order valence-electron chi connectivity index (χ0n) is 13.7. The molecule has 128 valence electrons. The van der Waals surface area contributed by atoms with E-state index in [1.165, 1.54) is 6.21 Å². The number of carbonyl (C=O) groups is 2. The summed E-state index contributed by atoms with van der Waals surface area (Å²) in [4.78, 5) is 25.0. The first-order valence-electron chi connectivity index (χ1n) is 7.55. The third-order valence-corrected chi connectivity index (χ3v) is 4.24. The zero-order chi connectivity index (χ0) is 18.0. The van der Waals surface area contributed by atoms with Gasteiger partial charge in [0.05, 0.1) is 13.3 Å². The minimum Gasteiger partial charge on any atom is -0.497 e. The summed E-state index contributed by atoms with van der Waals surface area (Å²) in [6, 6.07) is 13.3. The first-order chi connectivity index (χ1) is 11.9. The minimum absolute atomic E-state index is 0.457. The number of benzene rings is 2. The van der Waals surface area contributed by atoms with Crippen LogP contribution in [0.5, 0.6) is 5.75 Å². The van der Waals surface area contributed by atoms with Crippen LogP contribution in [0.25, 0.3) is 0 Å². The Labute approximate surface area is 150 Å². The van der Waals surface area contributed by atoms with Gasteiger partial charge in [-0.15, -0.1) is 5.01 Å². The van der Waals surface area contributed by atoms with Gasteiger partial charge in [0.15, 0.2) is 0 Å². The van der Waals surface area contributed by atoms with Crippen LogP contribution in [-0.4, -0.2) is 30.3 Å². The van der Waals surface area contributed by atoms with E-state index in [0.717, 1.165) is 5.01 Å². The molecule has 6 nitrogen and oxygen atoms in total. The molecule has 1 aliphatic heterocycles. The van der Waals surface area contributed by atoms with Crippen LogP contribution >= 0.6 is 11.6 Å². The summed E-state index contributed by atoms with van der Waals surface area (Å²) in [5.41, 5.74) is 0.146. The molecule has 1 unspecified atom stereocenters. The molecule has 1 aliphatic rings. The quantitative estimate of drug-likeness (QED) is 0.675. The SMILES string of the molecule is COc1ccc(C2(C)NC(=O)N(/N=C/c3cccc(Cl)c3)C2=O)cc1. The van der Waals surface area contributed by atoms with Gasteiger partial charge in [-0.1, -0.05) is 35.9 Å². The largest absolute Gasteiger partial charge is 0.497 e. The second kappa shape index (κ2) is 6.57. The highest BCUT2D eigenvalue weighted by Crippen LogP contribution is 2.30. The third kappa shape index (κ3) is 3.21. The predicted octanol–water partition coefficient (Wildman–Crippen LogP) is 3.15. The van der Waals surface area contributed by atoms with Crippen molar-refractivity contribution in [3.05, 3.63) is 64.7 Å². The van der Waals surface area contributed by atoms with Crippen LogP contribution in [0.4, 0.5) is 4.79 Å². The Morgan fingerprint density at radius 3 is 2.56 bits per heavy atom. The molecule has 3 amide bonds. The Bertz CT molecular complexity index is 851. The summed E-state index contributed by atoms with van der Waals surface area (Å²) >= 11 is 5.92. The number of nitrogens with one attached hydrogen (secondary N) is 1. The van der Waals surface area contributed by atoms with Gasteiger partial charge in [0.25, 0.3) is 5.91 Å². The molecule has 0 aliphatic carbocycles. The monoisotopic (exact) mass is 357 g/mol. The fraction of sp³-hybridized carbons (Fsp3) is 0.167. The molecule has 0 spiro atoms. The molecule has 0 aromatic heterocycles. The fourth-order valence-electron chi connectivity index (χ4n) is 2.56. The van der Waals surface area contributed by atoms with Crippen LogP contribution in [0.1, 0.15) is 18.1 Å². The molecule has 3 rings (SSSR count). The smallest absolute Gasteiger partial charge is 0.346 e. The van der Waals surface area contributed by atoms with Crippen molar-refractivity contribution in [2.75, 3.05) is 7.11 Å². The van der Waals surface area contributed by atoms with Crippen LogP contribution in [0.3, 0.4) is 0 Å². The van der Waals surface area contributed by atoms with Crippen molar-refractivity contribution in [1.82, 2.24) is 10.3 Å². The number of carbonyl (C=O) groups excluding carboxylic acids is 2. The van der Waals surface area contributed by atoms with E-state index in [0.29, 0.717) is 21.9 Å². The maximum Gasteiger partial charge on any atom is 0.346 e. The van der Waals surface area contributed by atoms with Crippen molar-refractivity contribution in [3.8, 4) is 5.75 Å². The molecule has 1 fully saturated rings. The maximum atomic E-state index is 12.8. The molecule has 1 saturated heterocycles. The Morgan fingerprint density at radius 1 is 1.20 bits per heavy atom. The van der Waals surface area contributed by atoms with E-state index in [9.17, 15) is 9.59 Å². The molecule has 0 radical (unpaired) electrons. The van der Waals surface area contributed by atoms with Gasteiger partial charge < -0.3 is 10.1 Å². The molecular formula is C18H16ClN3O3. The number of methoxy groups -OCH3 is 1. The van der Waals surface area contributed by atoms with Crippen molar-refractivity contribution in [1.29, 1.82) is 0 Å². The van der Waals surface area contributed by atoms with Gasteiger partial charge in [0.2, 0.25) is 0 Å². The van der Waals surface area contributed by atoms with Crippen molar-refractivity contribution < 1.29 is 14.3 Å². The first kappa shape index (κ1) is 17.0. The van der Waals surface area contributed by atoms with Crippen LogP contribution in [-0.2, 0) is 10.3 Å². The van der Waals surface area contributed by atoms with Crippen molar-refractivity contribution in [2.24, 2.45) is 5.10 Å². The van der Waals surface area contributed by atoms with Gasteiger partial charge >= 0.3 is 6.03 Å². The highest BCUT2D eigenvalue weighted by Gasteiger charge is 2.49. The zero-order valence-corrected chi connectivity index (χ0v) is 14.4. The first-order valence-corrected chi connectivity index (χ1v) is 7.92. The van der Waals surface area contributed by atoms with E-state index < -0.39 is 17.5 Å². The Balaban J connectivity index is 1.86. The summed E-state index contributed by atoms with van der Waals surface area (Å²) in [5.74, 6) is 0.209. The van der Waals surface area contributed by atoms with E-state index >= 15 is 0 Å². The lowest BCUT2D eigenvalue weighted by molar-refractivity contribution is -0.131. The summed E-state index contributed by atoms with van der Waals surface area (Å²) in [6.07, 6.45) is 1.42. The molecule has 0 bridgehead atoms. The molecule has 2 aromatic carbocycles. The van der Waals surface area contributed by atoms with Gasteiger partial charge in [-0.3, -0.25) is 4.79 Å². The molecule has 1 N–H and O–H groups in total. The standard InChI is InChI=1S/C18H16ClN3O3/c1-18(13-6-8-15(25-2)9-7-13)16(23)22(17(24)21-18)20-11-12-4-3-5-14(19)10-12/h3-11H,1-2H3,(H,21,24)/b20-11+. The fourth-order valence-corrected chi connectivity index (χ4v) is 2.76. The number of imide groups is 1. The predicted molar refractivity (Wildman–Crippen MR) is 94.8 cm³/mol. The highest BCUT2D eigenvalue weighted by molar-refractivity contribution is 6.30. The van der Waals surface area contributed by atoms with Gasteiger partial charge in [0.1, 0.15) is 11.3 Å². The van der Waals surface area contributed by atoms with E-state index in [4.69, 9.17) is 16.3 Å². The second-order valence-electron chi connectivity index (χ2n) is 5.70. The van der Waals surface area contributed by atoms with E-state index in [1.54, 1.807) is 62.6 Å². The topological polar surface area (TPSA) is 71.0 Å². The molecule has 1 atom stereocenters. The third-order valence-electron chi connectivity index (χ3n) is 4.01. The van der Waals surface area contributed by atoms with Crippen molar-refractivity contribution in [3.63, 3.8) is 0 Å². The lowest BCUT2D eigenvalue weighted by Crippen LogP contribution is -2.40. The van der Waals surface area contributed by atoms with Crippen molar-refractivity contribution >= 4 is 29.8 Å². The van der Waals surface area contributed by atoms with E-state index in [-0.39, 0.29) is 0 Å². The molecule has 2 aromatic rings. The number of rotatable bonds is 4. The number of urea groups is 1. The second-order valence-corrected chi connectivity index (χ2v) is 6.14. The molecule has 1 heterocycles. The summed E-state index contributed by atoms with van der Waals surface area (Å²) < 4.78 is 5.11. The highest BCUT2D eigenvalue weighted by atomic mass is 35.5. The Kier molecular flexibility index (Phi) is 4.46. The Hall–Kier alpha value is -2.86. The van der Waals surface area contributed by atoms with E-state index in [2.05, 4.69) is 10.4 Å². The number of ether oxygens (including phenoxy) is 1.